The van der Waals surface area contributed by atoms with E-state index in [0.717, 1.165) is 5.82 Å². The third-order valence-corrected chi connectivity index (χ3v) is 3.53. The molecule has 1 unspecified atom stereocenters. The van der Waals surface area contributed by atoms with Gasteiger partial charge in [-0.05, 0) is 19.1 Å². The molecule has 0 spiro atoms. The molecule has 0 saturated carbocycles. The van der Waals surface area contributed by atoms with Crippen molar-refractivity contribution in [3.8, 4) is 5.69 Å². The van der Waals surface area contributed by atoms with Gasteiger partial charge in [0.05, 0.1) is 10.9 Å². The first-order valence-corrected chi connectivity index (χ1v) is 5.90. The van der Waals surface area contributed by atoms with E-state index in [1.54, 1.807) is 6.33 Å². The molecule has 2 heterocycles. The Balaban J connectivity index is 0.000000457. The van der Waals surface area contributed by atoms with Crippen molar-refractivity contribution >= 4 is 11.8 Å². The third-order valence-electron chi connectivity index (χ3n) is 2.37. The third kappa shape index (κ3) is 1.65. The van der Waals surface area contributed by atoms with E-state index in [0.29, 0.717) is 5.25 Å². The number of nitrogens with zero attached hydrogens (tertiary/aromatic N) is 3. The molecule has 0 amide bonds. The van der Waals surface area contributed by atoms with Gasteiger partial charge in [-0.25, -0.2) is 0 Å². The molecule has 3 nitrogen and oxygen atoms in total. The molecule has 82 valence electrons. The maximum Gasteiger partial charge on any atom is 0.150 e. The lowest BCUT2D eigenvalue weighted by Crippen LogP contribution is -2.08. The van der Waals surface area contributed by atoms with E-state index in [2.05, 4.69) is 53.0 Å². The Kier molecular flexibility index (Phi) is 3.10. The first-order valence-electron chi connectivity index (χ1n) is 5.02. The number of fused-ring (bicyclic) bond motifs is 3. The van der Waals surface area contributed by atoms with E-state index < -0.39 is 0 Å². The minimum atomic E-state index is 0.382. The Bertz CT molecular complexity index is 493. The molecule has 3 rings (SSSR count). The maximum absolute atomic E-state index is 4.13. The molecule has 0 saturated heterocycles. The van der Waals surface area contributed by atoms with Crippen LogP contribution in [-0.4, -0.2) is 14.8 Å². The van der Waals surface area contributed by atoms with E-state index >= 15 is 0 Å². The summed E-state index contributed by atoms with van der Waals surface area (Å²) in [5.74, 6) is 1.04. The molecule has 1 aromatic carbocycles. The summed E-state index contributed by atoms with van der Waals surface area (Å²) < 4.78 is 2.07. The van der Waals surface area contributed by atoms with Crippen molar-refractivity contribution in [1.29, 1.82) is 0 Å². The lowest BCUT2D eigenvalue weighted by molar-refractivity contribution is 0.839. The van der Waals surface area contributed by atoms with Gasteiger partial charge in [-0.2, -0.15) is 0 Å². The first-order chi connectivity index (χ1) is 7.86. The second-order valence-corrected chi connectivity index (χ2v) is 4.67. The van der Waals surface area contributed by atoms with Crippen molar-refractivity contribution in [3.05, 3.63) is 49.6 Å². The quantitative estimate of drug-likeness (QED) is 0.652. The molecular formula is C12H13N3S. The number of thioether (sulfide) groups is 1. The molecule has 4 heteroatoms. The summed E-state index contributed by atoms with van der Waals surface area (Å²) >= 11 is 1.84. The van der Waals surface area contributed by atoms with Gasteiger partial charge in [0.25, 0.3) is 0 Å². The molecule has 16 heavy (non-hydrogen) atoms. The minimum absolute atomic E-state index is 0.382. The molecule has 0 N–H and O–H groups in total. The van der Waals surface area contributed by atoms with E-state index in [9.17, 15) is 0 Å². The molecule has 0 radical (unpaired) electrons. The molecule has 0 aliphatic carbocycles. The number of para-hydroxylation sites is 1. The summed E-state index contributed by atoms with van der Waals surface area (Å²) in [5.41, 5.74) is 1.19. The highest BCUT2D eigenvalue weighted by molar-refractivity contribution is 7.99. The number of aromatic nitrogens is 3. The Labute approximate surface area is 99.2 Å². The number of rotatable bonds is 0. The van der Waals surface area contributed by atoms with E-state index in [4.69, 9.17) is 0 Å². The normalized spacial score (nSPS) is 16.7. The van der Waals surface area contributed by atoms with Crippen LogP contribution in [0.2, 0.25) is 0 Å². The lowest BCUT2D eigenvalue weighted by Gasteiger charge is -2.21. The Morgan fingerprint density at radius 1 is 1.31 bits per heavy atom. The van der Waals surface area contributed by atoms with Crippen LogP contribution in [0.4, 0.5) is 0 Å². The van der Waals surface area contributed by atoms with E-state index in [-0.39, 0.29) is 0 Å². The molecule has 0 fully saturated rings. The predicted octanol–water partition coefficient (Wildman–Crippen LogP) is 3.24. The van der Waals surface area contributed by atoms with Crippen LogP contribution in [-0.2, 0) is 0 Å². The van der Waals surface area contributed by atoms with Gasteiger partial charge in [0.15, 0.2) is 5.82 Å². The molecule has 1 atom stereocenters. The monoisotopic (exact) mass is 231 g/mol. The van der Waals surface area contributed by atoms with Crippen LogP contribution in [0, 0.1) is 0 Å². The summed E-state index contributed by atoms with van der Waals surface area (Å²) in [5, 5.41) is 8.46. The fraction of sp³-hybridized carbons (Fsp3) is 0.167. The molecule has 1 aliphatic rings. The van der Waals surface area contributed by atoms with Crippen LogP contribution in [0.5, 0.6) is 0 Å². The van der Waals surface area contributed by atoms with Crippen molar-refractivity contribution in [2.45, 2.75) is 17.1 Å². The number of hydrogen-bond acceptors (Lipinski definition) is 3. The molecule has 2 aromatic rings. The summed E-state index contributed by atoms with van der Waals surface area (Å²) in [6.45, 7) is 8.15. The van der Waals surface area contributed by atoms with Crippen LogP contribution in [0.3, 0.4) is 0 Å². The molecule has 1 aliphatic heterocycles. The number of benzene rings is 1. The van der Waals surface area contributed by atoms with Crippen molar-refractivity contribution in [2.75, 3.05) is 0 Å². The Morgan fingerprint density at radius 2 is 2.06 bits per heavy atom. The minimum Gasteiger partial charge on any atom is -0.284 e. The van der Waals surface area contributed by atoms with Crippen LogP contribution < -0.4 is 0 Å². The van der Waals surface area contributed by atoms with Crippen LogP contribution >= 0.6 is 11.8 Å². The van der Waals surface area contributed by atoms with E-state index in [1.807, 2.05) is 17.8 Å². The smallest absolute Gasteiger partial charge is 0.150 e. The van der Waals surface area contributed by atoms with Crippen molar-refractivity contribution in [3.63, 3.8) is 0 Å². The van der Waals surface area contributed by atoms with Gasteiger partial charge in [-0.3, -0.25) is 4.57 Å². The van der Waals surface area contributed by atoms with Gasteiger partial charge in [0.1, 0.15) is 6.33 Å². The van der Waals surface area contributed by atoms with Gasteiger partial charge >= 0.3 is 0 Å². The summed E-state index contributed by atoms with van der Waals surface area (Å²) in [7, 11) is 0. The maximum atomic E-state index is 4.13. The zero-order chi connectivity index (χ0) is 11.5. The molecular weight excluding hydrogens is 218 g/mol. The van der Waals surface area contributed by atoms with Crippen LogP contribution in [0.25, 0.3) is 5.69 Å². The Hall–Kier alpha value is -1.55. The number of hydrogen-bond donors (Lipinski definition) is 0. The van der Waals surface area contributed by atoms with Gasteiger partial charge in [-0.15, -0.1) is 35.1 Å². The first kappa shape index (κ1) is 11.0. The Morgan fingerprint density at radius 3 is 2.88 bits per heavy atom. The highest BCUT2D eigenvalue weighted by Gasteiger charge is 2.22. The average Bonchev–Trinajstić information content (AvgIpc) is 2.82. The van der Waals surface area contributed by atoms with Crippen molar-refractivity contribution in [2.24, 2.45) is 0 Å². The molecule has 1 aromatic heterocycles. The van der Waals surface area contributed by atoms with Gasteiger partial charge < -0.3 is 0 Å². The van der Waals surface area contributed by atoms with Crippen LogP contribution in [0.15, 0.2) is 48.6 Å². The van der Waals surface area contributed by atoms with Gasteiger partial charge in [-0.1, -0.05) is 12.1 Å². The van der Waals surface area contributed by atoms with Crippen LogP contribution in [0.1, 0.15) is 18.0 Å². The summed E-state index contributed by atoms with van der Waals surface area (Å²) in [4.78, 5) is 1.30. The zero-order valence-electron chi connectivity index (χ0n) is 9.13. The zero-order valence-corrected chi connectivity index (χ0v) is 9.94. The summed E-state index contributed by atoms with van der Waals surface area (Å²) in [6.07, 6.45) is 1.78. The predicted molar refractivity (Wildman–Crippen MR) is 66.9 cm³/mol. The lowest BCUT2D eigenvalue weighted by atomic mass is 10.3. The SMILES string of the molecule is C=C.CC1Sc2ccccc2-n2cnnc21. The highest BCUT2D eigenvalue weighted by atomic mass is 32.2. The molecule has 0 bridgehead atoms. The second-order valence-electron chi connectivity index (χ2n) is 3.29. The summed E-state index contributed by atoms with van der Waals surface area (Å²) in [6, 6.07) is 8.34. The fourth-order valence-electron chi connectivity index (χ4n) is 1.71. The largest absolute Gasteiger partial charge is 0.284 e. The fourth-order valence-corrected chi connectivity index (χ4v) is 2.80. The average molecular weight is 231 g/mol. The topological polar surface area (TPSA) is 30.7 Å². The van der Waals surface area contributed by atoms with Gasteiger partial charge in [0, 0.05) is 4.90 Å². The highest BCUT2D eigenvalue weighted by Crippen LogP contribution is 2.41. The van der Waals surface area contributed by atoms with Crippen molar-refractivity contribution < 1.29 is 0 Å². The van der Waals surface area contributed by atoms with Crippen molar-refractivity contribution in [1.82, 2.24) is 14.8 Å². The standard InChI is InChI=1S/C10H9N3S.C2H4/c1-7-10-12-11-6-13(10)8-4-2-3-5-9(8)14-7;1-2/h2-7H,1H3;1-2H2. The second kappa shape index (κ2) is 4.53. The van der Waals surface area contributed by atoms with E-state index in [1.165, 1.54) is 10.6 Å². The van der Waals surface area contributed by atoms with Gasteiger partial charge in [0.2, 0.25) is 0 Å².